The molecule has 0 spiro atoms. The highest BCUT2D eigenvalue weighted by Crippen LogP contribution is 2.33. The number of nitrogens with zero attached hydrogens (tertiary/aromatic N) is 2. The Bertz CT molecular complexity index is 356. The molecule has 2 rings (SSSR count). The molecule has 1 fully saturated rings. The molecule has 0 amide bonds. The predicted molar refractivity (Wildman–Crippen MR) is 71.1 cm³/mol. The standard InChI is InChI=1S/C14H25N3O/c1-2-3-4-6-9-12-16-13(17-18-12)14(15)10-7-5-8-11-14/h2-11,15H2,1H3. The Morgan fingerprint density at radius 3 is 2.67 bits per heavy atom. The summed E-state index contributed by atoms with van der Waals surface area (Å²) < 4.78 is 5.32. The van der Waals surface area contributed by atoms with Crippen LogP contribution in [0.3, 0.4) is 0 Å². The van der Waals surface area contributed by atoms with Gasteiger partial charge >= 0.3 is 0 Å². The Morgan fingerprint density at radius 2 is 1.94 bits per heavy atom. The first kappa shape index (κ1) is 13.5. The molecule has 18 heavy (non-hydrogen) atoms. The van der Waals surface area contributed by atoms with Gasteiger partial charge in [-0.25, -0.2) is 0 Å². The van der Waals surface area contributed by atoms with E-state index in [1.165, 1.54) is 38.5 Å². The van der Waals surface area contributed by atoms with E-state index in [4.69, 9.17) is 10.3 Å². The molecule has 4 heteroatoms. The molecular formula is C14H25N3O. The average Bonchev–Trinajstić information content (AvgIpc) is 2.85. The molecule has 0 bridgehead atoms. The lowest BCUT2D eigenvalue weighted by molar-refractivity contribution is 0.273. The van der Waals surface area contributed by atoms with Crippen molar-refractivity contribution >= 4 is 0 Å². The molecule has 4 nitrogen and oxygen atoms in total. The van der Waals surface area contributed by atoms with Crippen molar-refractivity contribution in [3.8, 4) is 0 Å². The third-order valence-electron chi connectivity index (χ3n) is 3.90. The Morgan fingerprint density at radius 1 is 1.17 bits per heavy atom. The first-order valence-corrected chi connectivity index (χ1v) is 7.36. The van der Waals surface area contributed by atoms with E-state index < -0.39 is 0 Å². The summed E-state index contributed by atoms with van der Waals surface area (Å²) >= 11 is 0. The van der Waals surface area contributed by atoms with Crippen LogP contribution in [0.4, 0.5) is 0 Å². The third-order valence-corrected chi connectivity index (χ3v) is 3.90. The quantitative estimate of drug-likeness (QED) is 0.788. The zero-order chi connectivity index (χ0) is 12.8. The second-order valence-electron chi connectivity index (χ2n) is 5.54. The number of unbranched alkanes of at least 4 members (excludes halogenated alkanes) is 3. The summed E-state index contributed by atoms with van der Waals surface area (Å²) in [6.07, 6.45) is 11.4. The highest BCUT2D eigenvalue weighted by molar-refractivity contribution is 5.05. The van der Waals surface area contributed by atoms with Crippen molar-refractivity contribution in [1.29, 1.82) is 0 Å². The van der Waals surface area contributed by atoms with Crippen molar-refractivity contribution in [2.75, 3.05) is 0 Å². The van der Waals surface area contributed by atoms with Crippen LogP contribution < -0.4 is 5.73 Å². The first-order valence-electron chi connectivity index (χ1n) is 7.36. The SMILES string of the molecule is CCCCCCc1nc(C2(N)CCCCC2)no1. The Balaban J connectivity index is 1.88. The van der Waals surface area contributed by atoms with Crippen molar-refractivity contribution in [3.05, 3.63) is 11.7 Å². The van der Waals surface area contributed by atoms with Gasteiger partial charge in [-0.3, -0.25) is 0 Å². The van der Waals surface area contributed by atoms with Crippen LogP contribution in [0.5, 0.6) is 0 Å². The minimum absolute atomic E-state index is 0.330. The fourth-order valence-electron chi connectivity index (χ4n) is 2.67. The highest BCUT2D eigenvalue weighted by atomic mass is 16.5. The minimum atomic E-state index is -0.330. The Kier molecular flexibility index (Phi) is 4.75. The van der Waals surface area contributed by atoms with Gasteiger partial charge in [0, 0.05) is 6.42 Å². The van der Waals surface area contributed by atoms with Gasteiger partial charge in [-0.15, -0.1) is 0 Å². The maximum absolute atomic E-state index is 6.39. The van der Waals surface area contributed by atoms with E-state index in [0.717, 1.165) is 37.4 Å². The smallest absolute Gasteiger partial charge is 0.226 e. The highest BCUT2D eigenvalue weighted by Gasteiger charge is 2.34. The lowest BCUT2D eigenvalue weighted by atomic mass is 9.82. The largest absolute Gasteiger partial charge is 0.339 e. The van der Waals surface area contributed by atoms with Gasteiger partial charge in [-0.1, -0.05) is 50.6 Å². The van der Waals surface area contributed by atoms with Gasteiger partial charge in [0.05, 0.1) is 5.54 Å². The molecule has 1 aromatic heterocycles. The maximum atomic E-state index is 6.39. The van der Waals surface area contributed by atoms with Gasteiger partial charge in [0.25, 0.3) is 0 Å². The second kappa shape index (κ2) is 6.32. The molecule has 1 heterocycles. The number of rotatable bonds is 6. The van der Waals surface area contributed by atoms with Crippen LogP contribution in [0.15, 0.2) is 4.52 Å². The summed E-state index contributed by atoms with van der Waals surface area (Å²) in [5.74, 6) is 1.49. The maximum Gasteiger partial charge on any atom is 0.226 e. The normalized spacial score (nSPS) is 19.0. The van der Waals surface area contributed by atoms with E-state index >= 15 is 0 Å². The summed E-state index contributed by atoms with van der Waals surface area (Å²) in [7, 11) is 0. The first-order chi connectivity index (χ1) is 8.74. The summed E-state index contributed by atoms with van der Waals surface area (Å²) in [6.45, 7) is 2.21. The fraction of sp³-hybridized carbons (Fsp3) is 0.857. The van der Waals surface area contributed by atoms with E-state index in [9.17, 15) is 0 Å². The van der Waals surface area contributed by atoms with Crippen LogP contribution >= 0.6 is 0 Å². The zero-order valence-electron chi connectivity index (χ0n) is 11.5. The number of aromatic nitrogens is 2. The third kappa shape index (κ3) is 3.31. The Labute approximate surface area is 109 Å². The van der Waals surface area contributed by atoms with Gasteiger partial charge in [0.1, 0.15) is 0 Å². The van der Waals surface area contributed by atoms with Crippen molar-refractivity contribution < 1.29 is 4.52 Å². The lowest BCUT2D eigenvalue weighted by Crippen LogP contribution is -2.39. The molecule has 0 aliphatic heterocycles. The monoisotopic (exact) mass is 251 g/mol. The molecule has 1 saturated carbocycles. The molecule has 2 N–H and O–H groups in total. The number of hydrogen-bond donors (Lipinski definition) is 1. The molecule has 1 aromatic rings. The zero-order valence-corrected chi connectivity index (χ0v) is 11.5. The van der Waals surface area contributed by atoms with Crippen molar-refractivity contribution in [2.45, 2.75) is 76.7 Å². The van der Waals surface area contributed by atoms with E-state index in [1.54, 1.807) is 0 Å². The van der Waals surface area contributed by atoms with Gasteiger partial charge in [0.2, 0.25) is 5.89 Å². The Hall–Kier alpha value is -0.900. The van der Waals surface area contributed by atoms with Crippen LogP contribution in [0.1, 0.15) is 76.4 Å². The second-order valence-corrected chi connectivity index (χ2v) is 5.54. The summed E-state index contributed by atoms with van der Waals surface area (Å²) in [5.41, 5.74) is 6.06. The minimum Gasteiger partial charge on any atom is -0.339 e. The van der Waals surface area contributed by atoms with Crippen molar-refractivity contribution in [2.24, 2.45) is 5.73 Å². The summed E-state index contributed by atoms with van der Waals surface area (Å²) in [6, 6.07) is 0. The lowest BCUT2D eigenvalue weighted by Gasteiger charge is -2.29. The van der Waals surface area contributed by atoms with Crippen LogP contribution in [0.25, 0.3) is 0 Å². The van der Waals surface area contributed by atoms with Gasteiger partial charge in [-0.05, 0) is 19.3 Å². The van der Waals surface area contributed by atoms with E-state index in [1.807, 2.05) is 0 Å². The summed E-state index contributed by atoms with van der Waals surface area (Å²) in [4.78, 5) is 4.50. The molecule has 0 aromatic carbocycles. The molecule has 1 aliphatic rings. The topological polar surface area (TPSA) is 64.9 Å². The van der Waals surface area contributed by atoms with Gasteiger partial charge in [0.15, 0.2) is 5.82 Å². The number of nitrogens with two attached hydrogens (primary N) is 1. The van der Waals surface area contributed by atoms with Gasteiger partial charge < -0.3 is 10.3 Å². The van der Waals surface area contributed by atoms with Gasteiger partial charge in [-0.2, -0.15) is 4.98 Å². The van der Waals surface area contributed by atoms with E-state index in [2.05, 4.69) is 17.1 Å². The van der Waals surface area contributed by atoms with Crippen LogP contribution in [0.2, 0.25) is 0 Å². The number of hydrogen-bond acceptors (Lipinski definition) is 4. The van der Waals surface area contributed by atoms with Crippen molar-refractivity contribution in [3.63, 3.8) is 0 Å². The van der Waals surface area contributed by atoms with E-state index in [0.29, 0.717) is 0 Å². The average molecular weight is 251 g/mol. The number of aryl methyl sites for hydroxylation is 1. The van der Waals surface area contributed by atoms with Crippen molar-refractivity contribution in [1.82, 2.24) is 10.1 Å². The molecule has 102 valence electrons. The molecule has 0 saturated heterocycles. The predicted octanol–water partition coefficient (Wildman–Crippen LogP) is 3.31. The molecule has 0 radical (unpaired) electrons. The van der Waals surface area contributed by atoms with Crippen LogP contribution in [-0.2, 0) is 12.0 Å². The van der Waals surface area contributed by atoms with Crippen LogP contribution in [0, 0.1) is 0 Å². The van der Waals surface area contributed by atoms with E-state index in [-0.39, 0.29) is 5.54 Å². The molecular weight excluding hydrogens is 226 g/mol. The molecule has 0 atom stereocenters. The fourth-order valence-corrected chi connectivity index (χ4v) is 2.67. The summed E-state index contributed by atoms with van der Waals surface area (Å²) in [5, 5.41) is 4.10. The van der Waals surface area contributed by atoms with Crippen LogP contribution in [-0.4, -0.2) is 10.1 Å². The molecule has 1 aliphatic carbocycles. The molecule has 0 unspecified atom stereocenters.